The Balaban J connectivity index is 3.42. The van der Waals surface area contributed by atoms with E-state index in [1.807, 2.05) is 10.8 Å². The lowest BCUT2D eigenvalue weighted by Crippen LogP contribution is -2.41. The van der Waals surface area contributed by atoms with Crippen molar-refractivity contribution in [2.45, 2.75) is 72.0 Å². The van der Waals surface area contributed by atoms with E-state index in [0.717, 1.165) is 18.1 Å². The fourth-order valence-electron chi connectivity index (χ4n) is 3.36. The van der Waals surface area contributed by atoms with Gasteiger partial charge < -0.3 is 9.74 Å². The van der Waals surface area contributed by atoms with E-state index in [0.29, 0.717) is 18.1 Å². The lowest BCUT2D eigenvalue weighted by molar-refractivity contribution is -0.567. The van der Waals surface area contributed by atoms with Crippen LogP contribution in [0.1, 0.15) is 58.8 Å². The second-order valence-corrected chi connectivity index (χ2v) is 13.9. The summed E-state index contributed by atoms with van der Waals surface area (Å²) in [6, 6.07) is 7.08. The molecule has 1 aromatic carbocycles. The van der Waals surface area contributed by atoms with Crippen LogP contribution in [-0.4, -0.2) is 27.8 Å². The molecule has 1 rings (SSSR count). The van der Waals surface area contributed by atoms with E-state index in [9.17, 15) is 13.2 Å². The van der Waals surface area contributed by atoms with E-state index in [1.165, 1.54) is 12.1 Å². The summed E-state index contributed by atoms with van der Waals surface area (Å²) < 4.78 is 48.1. The first-order valence-corrected chi connectivity index (χ1v) is 13.7. The second-order valence-electron chi connectivity index (χ2n) is 8.43. The zero-order valence-electron chi connectivity index (χ0n) is 18.3. The molecule has 0 spiro atoms. The molecule has 0 aliphatic rings. The molecular formula is C21H36ClF3NOSi+. The smallest absolute Gasteiger partial charge is 0.408 e. The minimum Gasteiger partial charge on any atom is -0.408 e. The fourth-order valence-corrected chi connectivity index (χ4v) is 6.79. The minimum atomic E-state index is -4.41. The van der Waals surface area contributed by atoms with Gasteiger partial charge in [0.1, 0.15) is 0 Å². The molecule has 1 N–H and O–H groups in total. The van der Waals surface area contributed by atoms with Crippen molar-refractivity contribution in [3.63, 3.8) is 0 Å². The van der Waals surface area contributed by atoms with Gasteiger partial charge in [0.05, 0.1) is 17.2 Å². The lowest BCUT2D eigenvalue weighted by atomic mass is 9.96. The molecule has 0 aliphatic carbocycles. The Morgan fingerprint density at radius 1 is 1.07 bits per heavy atom. The van der Waals surface area contributed by atoms with Crippen LogP contribution < -0.4 is 5.32 Å². The predicted octanol–water partition coefficient (Wildman–Crippen LogP) is 6.53. The van der Waals surface area contributed by atoms with Crippen LogP contribution >= 0.6 is 0 Å². The van der Waals surface area contributed by atoms with Crippen molar-refractivity contribution in [3.05, 3.63) is 34.3 Å². The maximum atomic E-state index is 13.8. The van der Waals surface area contributed by atoms with Crippen LogP contribution in [0, 0.1) is 16.2 Å². The van der Waals surface area contributed by atoms with Crippen molar-refractivity contribution >= 4 is 8.32 Å². The molecule has 162 valence electrons. The summed E-state index contributed by atoms with van der Waals surface area (Å²) in [7, 11) is -0.219. The number of halogens is 4. The summed E-state index contributed by atoms with van der Waals surface area (Å²) >= 11 is 0. The first kappa shape index (κ1) is 25.5. The second kappa shape index (κ2) is 10.5. The molecule has 0 amide bonds. The zero-order chi connectivity index (χ0) is 21.6. The maximum absolute atomic E-state index is 13.8. The van der Waals surface area contributed by atoms with Crippen LogP contribution in [0.15, 0.2) is 18.2 Å². The van der Waals surface area contributed by atoms with Crippen molar-refractivity contribution in [3.8, 4) is 0 Å². The van der Waals surface area contributed by atoms with Gasteiger partial charge in [-0.15, -0.1) is 0 Å². The predicted molar refractivity (Wildman–Crippen MR) is 110 cm³/mol. The molecule has 0 saturated carbocycles. The van der Waals surface area contributed by atoms with Crippen molar-refractivity contribution in [1.29, 1.82) is 0 Å². The van der Waals surface area contributed by atoms with Gasteiger partial charge in [-0.05, 0) is 29.6 Å². The van der Waals surface area contributed by atoms with Gasteiger partial charge in [0.15, 0.2) is 25.5 Å². The van der Waals surface area contributed by atoms with Gasteiger partial charge in [0.2, 0.25) is 5.02 Å². The van der Waals surface area contributed by atoms with Gasteiger partial charge in [0.25, 0.3) is 0 Å². The molecule has 1 atom stereocenters. The third-order valence-corrected chi connectivity index (χ3v) is 10.6. The molecular weight excluding hydrogens is 403 g/mol. The highest BCUT2D eigenvalue weighted by Crippen LogP contribution is 2.40. The average Bonchev–Trinajstić information content (AvgIpc) is 2.62. The SMILES string of the molecule is CC[Si](CC)(CC)OC(CNCC(C)(C)C)c1c([Cl+]C)cccc1C(F)(F)F. The van der Waals surface area contributed by atoms with Gasteiger partial charge in [-0.1, -0.05) is 47.6 Å². The van der Waals surface area contributed by atoms with Crippen LogP contribution in [0.2, 0.25) is 23.2 Å². The van der Waals surface area contributed by atoms with Crippen LogP contribution in [0.4, 0.5) is 13.2 Å². The molecule has 1 aromatic rings. The van der Waals surface area contributed by atoms with Gasteiger partial charge in [-0.25, -0.2) is 0 Å². The molecule has 0 heterocycles. The largest absolute Gasteiger partial charge is 0.416 e. The van der Waals surface area contributed by atoms with Crippen molar-refractivity contribution in [2.75, 3.05) is 19.5 Å². The number of hydrogen-bond acceptors (Lipinski definition) is 2. The third-order valence-electron chi connectivity index (χ3n) is 5.19. The van der Waals surface area contributed by atoms with Gasteiger partial charge in [-0.2, -0.15) is 13.2 Å². The van der Waals surface area contributed by atoms with Crippen molar-refractivity contribution in [1.82, 2.24) is 5.32 Å². The van der Waals surface area contributed by atoms with Crippen molar-refractivity contribution in [2.24, 2.45) is 5.41 Å². The molecule has 28 heavy (non-hydrogen) atoms. The summed E-state index contributed by atoms with van der Waals surface area (Å²) in [5, 5.41) is 3.95. The molecule has 7 heteroatoms. The summed E-state index contributed by atoms with van der Waals surface area (Å²) in [5.74, 6) is 0. The Labute approximate surface area is 173 Å². The highest BCUT2D eigenvalue weighted by atomic mass is 35.5. The van der Waals surface area contributed by atoms with Crippen LogP contribution in [-0.2, 0) is 10.6 Å². The van der Waals surface area contributed by atoms with Crippen LogP contribution in [0.3, 0.4) is 0 Å². The normalized spacial score (nSPS) is 14.4. The highest BCUT2D eigenvalue weighted by molar-refractivity contribution is 6.73. The number of benzene rings is 1. The summed E-state index contributed by atoms with van der Waals surface area (Å²) in [5.41, 5.74) is -0.283. The molecule has 2 nitrogen and oxygen atoms in total. The summed E-state index contributed by atoms with van der Waals surface area (Å²) in [4.78, 5) is 0. The molecule has 0 aliphatic heterocycles. The lowest BCUT2D eigenvalue weighted by Gasteiger charge is -2.35. The minimum absolute atomic E-state index is 0.0434. The van der Waals surface area contributed by atoms with Crippen molar-refractivity contribution < 1.29 is 28.4 Å². The van der Waals surface area contributed by atoms with Gasteiger partial charge in [0, 0.05) is 19.2 Å². The first-order chi connectivity index (χ1) is 12.9. The first-order valence-electron chi connectivity index (χ1n) is 10.0. The van der Waals surface area contributed by atoms with Crippen LogP contribution in [0.25, 0.3) is 0 Å². The Bertz CT molecular complexity index is 604. The summed E-state index contributed by atoms with van der Waals surface area (Å²) in [6.45, 7) is 13.7. The molecule has 1 unspecified atom stereocenters. The molecule has 0 saturated heterocycles. The zero-order valence-corrected chi connectivity index (χ0v) is 20.0. The fraction of sp³-hybridized carbons (Fsp3) is 0.714. The molecule has 0 aromatic heterocycles. The molecule has 0 bridgehead atoms. The van der Waals surface area contributed by atoms with Crippen LogP contribution in [0.5, 0.6) is 0 Å². The van der Waals surface area contributed by atoms with E-state index in [2.05, 4.69) is 46.9 Å². The third kappa shape index (κ3) is 7.04. The summed E-state index contributed by atoms with van der Waals surface area (Å²) in [6.07, 6.45) is -3.26. The number of hydrogen-bond donors (Lipinski definition) is 1. The maximum Gasteiger partial charge on any atom is 0.416 e. The monoisotopic (exact) mass is 438 g/mol. The van der Waals surface area contributed by atoms with E-state index in [1.54, 1.807) is 12.4 Å². The molecule has 0 fully saturated rings. The number of nitrogens with one attached hydrogen (secondary N) is 1. The Kier molecular flexibility index (Phi) is 9.52. The average molecular weight is 439 g/mol. The Morgan fingerprint density at radius 2 is 1.64 bits per heavy atom. The highest BCUT2D eigenvalue weighted by Gasteiger charge is 2.41. The topological polar surface area (TPSA) is 21.3 Å². The molecule has 0 radical (unpaired) electrons. The van der Waals surface area contributed by atoms with Gasteiger partial charge in [-0.3, -0.25) is 0 Å². The number of rotatable bonds is 10. The van der Waals surface area contributed by atoms with E-state index < -0.39 is 26.2 Å². The Hall–Kier alpha value is -0.563. The van der Waals surface area contributed by atoms with E-state index in [4.69, 9.17) is 4.43 Å². The van der Waals surface area contributed by atoms with E-state index in [-0.39, 0.29) is 11.0 Å². The van der Waals surface area contributed by atoms with E-state index >= 15 is 0 Å². The number of alkyl halides is 4. The van der Waals surface area contributed by atoms with Gasteiger partial charge >= 0.3 is 6.18 Å². The Morgan fingerprint density at radius 3 is 2.07 bits per heavy atom. The standard InChI is InChI=1S/C21H36ClF3NOSi/c1-8-28(9-2,10-3)27-18(14-26-15-20(4,5)6)19-16(21(23,24)25)12-11-13-17(19)22-7/h11-13,18,26H,8-10,14-15H2,1-7H3/q+1. The quantitative estimate of drug-likeness (QED) is 0.331.